The van der Waals surface area contributed by atoms with Crippen LogP contribution in [0.15, 0.2) is 42.5 Å². The van der Waals surface area contributed by atoms with E-state index in [1.165, 1.54) is 28.9 Å². The molecule has 2 heterocycles. The Morgan fingerprint density at radius 1 is 1.23 bits per heavy atom. The van der Waals surface area contributed by atoms with E-state index in [0.717, 1.165) is 0 Å². The first-order valence-electron chi connectivity index (χ1n) is 9.29. The van der Waals surface area contributed by atoms with Crippen molar-refractivity contribution in [1.29, 1.82) is 5.26 Å². The molecule has 0 radical (unpaired) electrons. The molecule has 9 heteroatoms. The molecule has 0 aliphatic carbocycles. The minimum atomic E-state index is -0.437. The van der Waals surface area contributed by atoms with Gasteiger partial charge in [-0.1, -0.05) is 0 Å². The molecule has 2 aromatic carbocycles. The molecule has 152 valence electrons. The van der Waals surface area contributed by atoms with Crippen LogP contribution in [0.25, 0.3) is 5.69 Å². The van der Waals surface area contributed by atoms with Crippen molar-refractivity contribution in [2.45, 2.75) is 6.42 Å². The molecule has 4 rings (SSSR count). The van der Waals surface area contributed by atoms with E-state index in [1.54, 1.807) is 18.2 Å². The number of nitriles is 1. The van der Waals surface area contributed by atoms with Gasteiger partial charge in [0.15, 0.2) is 17.2 Å². The second-order valence-corrected chi connectivity index (χ2v) is 6.54. The number of benzene rings is 2. The first-order valence-corrected chi connectivity index (χ1v) is 9.29. The summed E-state index contributed by atoms with van der Waals surface area (Å²) in [7, 11) is 0. The van der Waals surface area contributed by atoms with Crippen LogP contribution in [0.3, 0.4) is 0 Å². The first-order chi connectivity index (χ1) is 14.6. The molecular weight excluding hydrogens is 389 g/mol. The van der Waals surface area contributed by atoms with Crippen LogP contribution in [0.5, 0.6) is 11.5 Å². The molecule has 1 aliphatic rings. The Morgan fingerprint density at radius 2 is 2.00 bits per heavy atom. The minimum Gasteiger partial charge on any atom is -0.454 e. The predicted octanol–water partition coefficient (Wildman–Crippen LogP) is 2.60. The highest BCUT2D eigenvalue weighted by molar-refractivity contribution is 6.10. The molecule has 0 unspecified atom stereocenters. The number of ketones is 1. The molecular formula is C21H18FN5O3. The van der Waals surface area contributed by atoms with E-state index >= 15 is 0 Å². The molecule has 1 aromatic heterocycles. The van der Waals surface area contributed by atoms with Gasteiger partial charge in [-0.25, -0.2) is 9.07 Å². The fourth-order valence-corrected chi connectivity index (χ4v) is 3.10. The van der Waals surface area contributed by atoms with Gasteiger partial charge < -0.3 is 20.5 Å². The zero-order valence-corrected chi connectivity index (χ0v) is 15.9. The molecule has 1 aliphatic heterocycles. The van der Waals surface area contributed by atoms with Gasteiger partial charge in [-0.05, 0) is 55.4 Å². The summed E-state index contributed by atoms with van der Waals surface area (Å²) in [5.74, 6) is 0.515. The van der Waals surface area contributed by atoms with Gasteiger partial charge in [-0.15, -0.1) is 0 Å². The van der Waals surface area contributed by atoms with Crippen molar-refractivity contribution >= 4 is 11.6 Å². The van der Waals surface area contributed by atoms with E-state index in [4.69, 9.17) is 15.2 Å². The average Bonchev–Trinajstić information content (AvgIpc) is 3.38. The summed E-state index contributed by atoms with van der Waals surface area (Å²) in [6.45, 7) is 1.03. The van der Waals surface area contributed by atoms with Crippen LogP contribution in [0, 0.1) is 17.1 Å². The third kappa shape index (κ3) is 3.56. The zero-order valence-electron chi connectivity index (χ0n) is 15.9. The molecule has 0 bridgehead atoms. The van der Waals surface area contributed by atoms with Gasteiger partial charge in [-0.3, -0.25) is 4.79 Å². The Hall–Kier alpha value is -3.90. The summed E-state index contributed by atoms with van der Waals surface area (Å²) in [5.41, 5.74) is 6.46. The number of nitrogens with zero attached hydrogens (tertiary/aromatic N) is 3. The van der Waals surface area contributed by atoms with Crippen molar-refractivity contribution in [3.05, 3.63) is 65.1 Å². The van der Waals surface area contributed by atoms with Crippen molar-refractivity contribution in [3.63, 3.8) is 0 Å². The van der Waals surface area contributed by atoms with Gasteiger partial charge in [0.2, 0.25) is 12.6 Å². The van der Waals surface area contributed by atoms with E-state index in [9.17, 15) is 14.4 Å². The molecule has 3 N–H and O–H groups in total. The van der Waals surface area contributed by atoms with Gasteiger partial charge in [0.1, 0.15) is 23.3 Å². The molecule has 0 amide bonds. The van der Waals surface area contributed by atoms with Crippen molar-refractivity contribution in [3.8, 4) is 23.3 Å². The lowest BCUT2D eigenvalue weighted by molar-refractivity contribution is 0.103. The number of fused-ring (bicyclic) bond motifs is 1. The highest BCUT2D eigenvalue weighted by atomic mass is 19.1. The highest BCUT2D eigenvalue weighted by Gasteiger charge is 2.26. The average molecular weight is 407 g/mol. The monoisotopic (exact) mass is 407 g/mol. The normalized spacial score (nSPS) is 11.9. The second kappa shape index (κ2) is 8.23. The number of aromatic nitrogens is 2. The number of nitrogens with two attached hydrogens (primary N) is 1. The predicted molar refractivity (Wildman–Crippen MR) is 106 cm³/mol. The van der Waals surface area contributed by atoms with Crippen LogP contribution < -0.4 is 20.5 Å². The SMILES string of the molecule is N#Cc1c(C(=O)c2ccc3c(c2)OCO3)nn(-c2ccc(F)cc2)c1NCCCN. The number of rotatable bonds is 7. The lowest BCUT2D eigenvalue weighted by atomic mass is 10.0. The van der Waals surface area contributed by atoms with E-state index in [-0.39, 0.29) is 18.1 Å². The molecule has 0 atom stereocenters. The van der Waals surface area contributed by atoms with Gasteiger partial charge in [-0.2, -0.15) is 10.4 Å². The molecule has 30 heavy (non-hydrogen) atoms. The number of hydrogen-bond acceptors (Lipinski definition) is 7. The Bertz CT molecular complexity index is 1130. The Kier molecular flexibility index (Phi) is 5.32. The number of carbonyl (C=O) groups excluding carboxylic acids is 1. The maximum absolute atomic E-state index is 13.4. The maximum Gasteiger partial charge on any atom is 0.231 e. The number of halogens is 1. The molecule has 8 nitrogen and oxygen atoms in total. The number of ether oxygens (including phenoxy) is 2. The molecule has 0 fully saturated rings. The largest absolute Gasteiger partial charge is 0.454 e. The van der Waals surface area contributed by atoms with Crippen molar-refractivity contribution in [2.75, 3.05) is 25.2 Å². The standard InChI is InChI=1S/C21H18FN5O3/c22-14-3-5-15(6-4-14)27-21(25-9-1-8-23)16(11-24)19(26-27)20(28)13-2-7-17-18(10-13)30-12-29-17/h2-7,10,25H,1,8-9,12,23H2. The summed E-state index contributed by atoms with van der Waals surface area (Å²) < 4.78 is 25.4. The van der Waals surface area contributed by atoms with E-state index in [2.05, 4.69) is 16.5 Å². The third-order valence-corrected chi connectivity index (χ3v) is 4.59. The van der Waals surface area contributed by atoms with Crippen LogP contribution in [0.2, 0.25) is 0 Å². The number of anilines is 1. The maximum atomic E-state index is 13.4. The van der Waals surface area contributed by atoms with Crippen LogP contribution in [-0.4, -0.2) is 35.4 Å². The summed E-state index contributed by atoms with van der Waals surface area (Å²) in [4.78, 5) is 13.2. The lowest BCUT2D eigenvalue weighted by Gasteiger charge is -2.09. The topological polar surface area (TPSA) is 115 Å². The summed E-state index contributed by atoms with van der Waals surface area (Å²) in [6.07, 6.45) is 0.658. The van der Waals surface area contributed by atoms with Crippen molar-refractivity contribution in [2.24, 2.45) is 5.73 Å². The van der Waals surface area contributed by atoms with Crippen LogP contribution in [0.1, 0.15) is 28.0 Å². The zero-order chi connectivity index (χ0) is 21.1. The van der Waals surface area contributed by atoms with Gasteiger partial charge in [0.25, 0.3) is 0 Å². The van der Waals surface area contributed by atoms with Crippen molar-refractivity contribution in [1.82, 2.24) is 9.78 Å². The van der Waals surface area contributed by atoms with Gasteiger partial charge in [0.05, 0.1) is 5.69 Å². The van der Waals surface area contributed by atoms with E-state index in [0.29, 0.717) is 48.1 Å². The summed E-state index contributed by atoms with van der Waals surface area (Å²) in [6, 6.07) is 12.5. The highest BCUT2D eigenvalue weighted by Crippen LogP contribution is 2.34. The number of carbonyl (C=O) groups is 1. The van der Waals surface area contributed by atoms with E-state index in [1.807, 2.05) is 0 Å². The third-order valence-electron chi connectivity index (χ3n) is 4.59. The Balaban J connectivity index is 1.79. The summed E-state index contributed by atoms with van der Waals surface area (Å²) in [5, 5.41) is 17.3. The van der Waals surface area contributed by atoms with Crippen LogP contribution in [0.4, 0.5) is 10.2 Å². The Morgan fingerprint density at radius 3 is 2.73 bits per heavy atom. The lowest BCUT2D eigenvalue weighted by Crippen LogP contribution is -2.12. The van der Waals surface area contributed by atoms with Crippen molar-refractivity contribution < 1.29 is 18.7 Å². The van der Waals surface area contributed by atoms with E-state index < -0.39 is 11.6 Å². The molecule has 0 spiro atoms. The van der Waals surface area contributed by atoms with Crippen LogP contribution in [-0.2, 0) is 0 Å². The molecule has 0 saturated heterocycles. The molecule has 0 saturated carbocycles. The smallest absolute Gasteiger partial charge is 0.231 e. The first kappa shape index (κ1) is 19.4. The van der Waals surface area contributed by atoms with Crippen LogP contribution >= 0.6 is 0 Å². The number of nitrogens with one attached hydrogen (secondary N) is 1. The number of hydrogen-bond donors (Lipinski definition) is 2. The van der Waals surface area contributed by atoms with Gasteiger partial charge >= 0.3 is 0 Å². The summed E-state index contributed by atoms with van der Waals surface area (Å²) >= 11 is 0. The Labute approximate surface area is 171 Å². The molecule has 3 aromatic rings. The van der Waals surface area contributed by atoms with Gasteiger partial charge in [0, 0.05) is 12.1 Å². The second-order valence-electron chi connectivity index (χ2n) is 6.54. The fourth-order valence-electron chi connectivity index (χ4n) is 3.10. The minimum absolute atomic E-state index is 0.0176. The quantitative estimate of drug-likeness (QED) is 0.457. The fraction of sp³-hybridized carbons (Fsp3) is 0.190.